The molecule has 21 heavy (non-hydrogen) atoms. The van der Waals surface area contributed by atoms with Crippen LogP contribution in [0.2, 0.25) is 0 Å². The second-order valence-corrected chi connectivity index (χ2v) is 4.39. The maximum atomic E-state index is 12.8. The highest BCUT2D eigenvalue weighted by atomic mass is 19.4. The molecule has 0 aliphatic carbocycles. The second-order valence-electron chi connectivity index (χ2n) is 4.39. The number of nitriles is 1. The first-order valence-electron chi connectivity index (χ1n) is 5.95. The van der Waals surface area contributed by atoms with Gasteiger partial charge in [0.15, 0.2) is 5.92 Å². The van der Waals surface area contributed by atoms with Gasteiger partial charge in [-0.25, -0.2) is 4.98 Å². The Balaban J connectivity index is 2.51. The summed E-state index contributed by atoms with van der Waals surface area (Å²) in [6, 6.07) is 8.22. The molecule has 0 aliphatic heterocycles. The highest BCUT2D eigenvalue weighted by Crippen LogP contribution is 2.29. The van der Waals surface area contributed by atoms with Crippen LogP contribution in [0.25, 0.3) is 11.0 Å². The van der Waals surface area contributed by atoms with Gasteiger partial charge in [-0.15, -0.1) is 0 Å². The Morgan fingerprint density at radius 1 is 1.43 bits per heavy atom. The number of carboxylic acids is 1. The summed E-state index contributed by atoms with van der Waals surface area (Å²) >= 11 is 0. The van der Waals surface area contributed by atoms with Gasteiger partial charge in [0.1, 0.15) is 5.82 Å². The van der Waals surface area contributed by atoms with Crippen LogP contribution >= 0.6 is 0 Å². The average molecular weight is 297 g/mol. The summed E-state index contributed by atoms with van der Waals surface area (Å²) in [4.78, 5) is 14.9. The molecule has 0 fully saturated rings. The maximum absolute atomic E-state index is 12.8. The van der Waals surface area contributed by atoms with Gasteiger partial charge in [0, 0.05) is 6.54 Å². The number of imidazole rings is 1. The Morgan fingerprint density at radius 2 is 2.10 bits per heavy atom. The minimum absolute atomic E-state index is 0.120. The molecule has 1 N–H and O–H groups in total. The number of hydrogen-bond donors (Lipinski definition) is 1. The maximum Gasteiger partial charge on any atom is 0.403 e. The molecule has 1 unspecified atom stereocenters. The van der Waals surface area contributed by atoms with Crippen molar-refractivity contribution in [3.8, 4) is 6.07 Å². The third kappa shape index (κ3) is 2.97. The molecule has 2 rings (SSSR count). The summed E-state index contributed by atoms with van der Waals surface area (Å²) in [5.41, 5.74) is 0.798. The largest absolute Gasteiger partial charge is 0.481 e. The summed E-state index contributed by atoms with van der Waals surface area (Å²) < 4.78 is 39.5. The molecule has 0 spiro atoms. The fourth-order valence-electron chi connectivity index (χ4n) is 2.04. The van der Waals surface area contributed by atoms with E-state index in [1.54, 1.807) is 24.3 Å². The lowest BCUT2D eigenvalue weighted by Crippen LogP contribution is -2.34. The topological polar surface area (TPSA) is 78.9 Å². The SMILES string of the molecule is N#CCc1nc2ccccc2n1CC(C(=O)O)C(F)(F)F. The van der Waals surface area contributed by atoms with E-state index in [2.05, 4.69) is 4.98 Å². The first-order valence-corrected chi connectivity index (χ1v) is 5.95. The molecule has 5 nitrogen and oxygen atoms in total. The number of fused-ring (bicyclic) bond motifs is 1. The number of carboxylic acid groups (broad SMARTS) is 1. The lowest BCUT2D eigenvalue weighted by molar-refractivity contribution is -0.195. The van der Waals surface area contributed by atoms with Crippen LogP contribution in [0.4, 0.5) is 13.2 Å². The van der Waals surface area contributed by atoms with Crippen LogP contribution in [-0.4, -0.2) is 26.8 Å². The molecule has 2 aromatic rings. The van der Waals surface area contributed by atoms with E-state index in [4.69, 9.17) is 10.4 Å². The van der Waals surface area contributed by atoms with Crippen molar-refractivity contribution in [3.63, 3.8) is 0 Å². The quantitative estimate of drug-likeness (QED) is 0.939. The lowest BCUT2D eigenvalue weighted by atomic mass is 10.1. The van der Waals surface area contributed by atoms with E-state index in [9.17, 15) is 18.0 Å². The molecule has 0 saturated carbocycles. The van der Waals surface area contributed by atoms with Crippen molar-refractivity contribution in [2.24, 2.45) is 5.92 Å². The molecule has 8 heteroatoms. The zero-order valence-corrected chi connectivity index (χ0v) is 10.6. The van der Waals surface area contributed by atoms with Gasteiger partial charge >= 0.3 is 12.1 Å². The van der Waals surface area contributed by atoms with Gasteiger partial charge in [0.05, 0.1) is 23.5 Å². The standard InChI is InChI=1S/C13H10F3N3O2/c14-13(15,16)8(12(20)21)7-19-10-4-2-1-3-9(10)18-11(19)5-6-17/h1-4,8H,5,7H2,(H,20,21). The van der Waals surface area contributed by atoms with Crippen molar-refractivity contribution < 1.29 is 23.1 Å². The van der Waals surface area contributed by atoms with Crippen LogP contribution in [0.5, 0.6) is 0 Å². The number of nitrogens with zero attached hydrogens (tertiary/aromatic N) is 3. The molecule has 0 bridgehead atoms. The molecular weight excluding hydrogens is 287 g/mol. The third-order valence-corrected chi connectivity index (χ3v) is 3.03. The number of hydrogen-bond acceptors (Lipinski definition) is 3. The Labute approximate surface area is 117 Å². The van der Waals surface area contributed by atoms with Crippen LogP contribution < -0.4 is 0 Å². The number of rotatable bonds is 4. The fourth-order valence-corrected chi connectivity index (χ4v) is 2.04. The van der Waals surface area contributed by atoms with E-state index in [-0.39, 0.29) is 12.2 Å². The fraction of sp³-hybridized carbons (Fsp3) is 0.308. The minimum Gasteiger partial charge on any atom is -0.481 e. The van der Waals surface area contributed by atoms with E-state index >= 15 is 0 Å². The average Bonchev–Trinajstić information content (AvgIpc) is 2.72. The van der Waals surface area contributed by atoms with Gasteiger partial charge in [-0.2, -0.15) is 18.4 Å². The molecule has 0 amide bonds. The number of para-hydroxylation sites is 2. The van der Waals surface area contributed by atoms with Crippen LogP contribution in [0, 0.1) is 17.2 Å². The summed E-state index contributed by atoms with van der Waals surface area (Å²) in [6.07, 6.45) is -5.07. The zero-order chi connectivity index (χ0) is 15.6. The number of carbonyl (C=O) groups is 1. The van der Waals surface area contributed by atoms with Gasteiger partial charge < -0.3 is 9.67 Å². The Kier molecular flexibility index (Phi) is 3.84. The predicted octanol–water partition coefficient (Wildman–Crippen LogP) is 2.37. The van der Waals surface area contributed by atoms with Crippen molar-refractivity contribution in [1.82, 2.24) is 9.55 Å². The van der Waals surface area contributed by atoms with Crippen molar-refractivity contribution in [2.75, 3.05) is 0 Å². The number of alkyl halides is 3. The molecule has 1 atom stereocenters. The predicted molar refractivity (Wildman–Crippen MR) is 66.2 cm³/mol. The summed E-state index contributed by atoms with van der Waals surface area (Å²) in [7, 11) is 0. The first kappa shape index (κ1) is 14.8. The molecular formula is C13H10F3N3O2. The Morgan fingerprint density at radius 3 is 2.67 bits per heavy atom. The van der Waals surface area contributed by atoms with Crippen LogP contribution in [0.3, 0.4) is 0 Å². The third-order valence-electron chi connectivity index (χ3n) is 3.03. The summed E-state index contributed by atoms with van der Waals surface area (Å²) in [6.45, 7) is -0.809. The number of aromatic nitrogens is 2. The van der Waals surface area contributed by atoms with Gasteiger partial charge in [-0.3, -0.25) is 4.79 Å². The van der Waals surface area contributed by atoms with E-state index in [1.807, 2.05) is 6.07 Å². The van der Waals surface area contributed by atoms with Crippen molar-refractivity contribution in [3.05, 3.63) is 30.1 Å². The lowest BCUT2D eigenvalue weighted by Gasteiger charge is -2.18. The summed E-state index contributed by atoms with van der Waals surface area (Å²) in [5.74, 6) is -4.38. The zero-order valence-electron chi connectivity index (χ0n) is 10.6. The van der Waals surface area contributed by atoms with Crippen molar-refractivity contribution in [1.29, 1.82) is 5.26 Å². The van der Waals surface area contributed by atoms with Crippen molar-refractivity contribution >= 4 is 17.0 Å². The van der Waals surface area contributed by atoms with Crippen molar-refractivity contribution in [2.45, 2.75) is 19.1 Å². The number of benzene rings is 1. The minimum atomic E-state index is -4.87. The highest BCUT2D eigenvalue weighted by Gasteiger charge is 2.45. The molecule has 110 valence electrons. The van der Waals surface area contributed by atoms with Gasteiger partial charge in [0.25, 0.3) is 0 Å². The molecule has 0 saturated heterocycles. The normalized spacial score (nSPS) is 13.0. The van der Waals surface area contributed by atoms with Gasteiger partial charge in [-0.1, -0.05) is 12.1 Å². The van der Waals surface area contributed by atoms with E-state index in [0.717, 1.165) is 4.57 Å². The van der Waals surface area contributed by atoms with Crippen LogP contribution in [-0.2, 0) is 17.8 Å². The summed E-state index contributed by atoms with van der Waals surface area (Å²) in [5, 5.41) is 17.5. The molecule has 1 heterocycles. The van der Waals surface area contributed by atoms with Gasteiger partial charge in [-0.05, 0) is 12.1 Å². The van der Waals surface area contributed by atoms with Crippen LogP contribution in [0.15, 0.2) is 24.3 Å². The monoisotopic (exact) mass is 297 g/mol. The van der Waals surface area contributed by atoms with E-state index in [0.29, 0.717) is 11.0 Å². The number of halogens is 3. The van der Waals surface area contributed by atoms with Gasteiger partial charge in [0.2, 0.25) is 0 Å². The second kappa shape index (κ2) is 5.44. The highest BCUT2D eigenvalue weighted by molar-refractivity contribution is 5.77. The molecule has 1 aromatic carbocycles. The Bertz CT molecular complexity index is 716. The molecule has 0 aliphatic rings. The van der Waals surface area contributed by atoms with E-state index < -0.39 is 24.6 Å². The number of aliphatic carboxylic acids is 1. The first-order chi connectivity index (χ1) is 9.84. The van der Waals surface area contributed by atoms with E-state index in [1.165, 1.54) is 0 Å². The molecule has 0 radical (unpaired) electrons. The molecule has 1 aromatic heterocycles. The smallest absolute Gasteiger partial charge is 0.403 e. The van der Waals surface area contributed by atoms with Crippen LogP contribution in [0.1, 0.15) is 5.82 Å². The Hall–Kier alpha value is -2.56.